The van der Waals surface area contributed by atoms with Gasteiger partial charge >= 0.3 is 6.09 Å². The van der Waals surface area contributed by atoms with E-state index in [2.05, 4.69) is 36.0 Å². The van der Waals surface area contributed by atoms with Crippen LogP contribution in [0.3, 0.4) is 0 Å². The van der Waals surface area contributed by atoms with Crippen LogP contribution in [0.15, 0.2) is 18.3 Å². The van der Waals surface area contributed by atoms with Gasteiger partial charge in [-0.05, 0) is 17.5 Å². The molecule has 2 aliphatic heterocycles. The maximum Gasteiger partial charge on any atom is 0.410 e. The number of piperidine rings is 1. The van der Waals surface area contributed by atoms with Crippen LogP contribution in [0.2, 0.25) is 0 Å². The zero-order valence-corrected chi connectivity index (χ0v) is 16.1. The van der Waals surface area contributed by atoms with Crippen LogP contribution in [0, 0.1) is 5.41 Å². The van der Waals surface area contributed by atoms with Crippen molar-refractivity contribution in [3.05, 3.63) is 18.3 Å². The minimum Gasteiger partial charge on any atom is -0.446 e. The normalized spacial score (nSPS) is 22.3. The van der Waals surface area contributed by atoms with E-state index in [0.29, 0.717) is 12.4 Å². The average molecular weight is 361 g/mol. The largest absolute Gasteiger partial charge is 0.446 e. The molecule has 1 amide bonds. The van der Waals surface area contributed by atoms with Crippen molar-refractivity contribution in [3.8, 4) is 0 Å². The molecule has 0 radical (unpaired) electrons. The van der Waals surface area contributed by atoms with Gasteiger partial charge < -0.3 is 25.6 Å². The highest BCUT2D eigenvalue weighted by Crippen LogP contribution is 2.27. The molecule has 0 bridgehead atoms. The summed E-state index contributed by atoms with van der Waals surface area (Å²) >= 11 is 0. The van der Waals surface area contributed by atoms with Crippen molar-refractivity contribution in [1.82, 2.24) is 15.2 Å². The minimum absolute atomic E-state index is 0.0176. The molecule has 7 nitrogen and oxygen atoms in total. The maximum atomic E-state index is 12.8. The summed E-state index contributed by atoms with van der Waals surface area (Å²) < 4.78 is 5.86. The van der Waals surface area contributed by atoms with Gasteiger partial charge in [0.05, 0.1) is 17.9 Å². The summed E-state index contributed by atoms with van der Waals surface area (Å²) in [7, 11) is 0. The molecule has 1 aromatic heterocycles. The highest BCUT2D eigenvalue weighted by Gasteiger charge is 2.37. The van der Waals surface area contributed by atoms with Gasteiger partial charge in [-0.25, -0.2) is 9.78 Å². The number of nitrogens with two attached hydrogens (primary N) is 1. The van der Waals surface area contributed by atoms with E-state index >= 15 is 0 Å². The van der Waals surface area contributed by atoms with Crippen LogP contribution in [0.25, 0.3) is 0 Å². The summed E-state index contributed by atoms with van der Waals surface area (Å²) in [6.45, 7) is 10.6. The van der Waals surface area contributed by atoms with Crippen LogP contribution < -0.4 is 16.0 Å². The number of hydrogen-bond donors (Lipinski definition) is 2. The van der Waals surface area contributed by atoms with E-state index in [4.69, 9.17) is 10.5 Å². The first-order valence-electron chi connectivity index (χ1n) is 9.49. The Labute approximate surface area is 155 Å². The third kappa shape index (κ3) is 4.38. The van der Waals surface area contributed by atoms with E-state index in [0.717, 1.165) is 44.7 Å². The number of pyridine rings is 1. The van der Waals surface area contributed by atoms with Crippen LogP contribution in [0.5, 0.6) is 0 Å². The summed E-state index contributed by atoms with van der Waals surface area (Å²) in [6, 6.07) is 3.96. The Hall–Kier alpha value is -2.02. The van der Waals surface area contributed by atoms with Crippen molar-refractivity contribution in [2.24, 2.45) is 5.41 Å². The minimum atomic E-state index is -0.168. The van der Waals surface area contributed by atoms with Gasteiger partial charge in [0.2, 0.25) is 0 Å². The number of anilines is 2. The number of rotatable bonds is 2. The molecular weight excluding hydrogens is 330 g/mol. The predicted octanol–water partition coefficient (Wildman–Crippen LogP) is 2.09. The Balaban J connectivity index is 1.53. The van der Waals surface area contributed by atoms with Crippen LogP contribution >= 0.6 is 0 Å². The lowest BCUT2D eigenvalue weighted by Crippen LogP contribution is -2.59. The molecule has 144 valence electrons. The molecule has 0 aliphatic carbocycles. The molecule has 7 heteroatoms. The highest BCUT2D eigenvalue weighted by atomic mass is 16.6. The van der Waals surface area contributed by atoms with Gasteiger partial charge in [0.15, 0.2) is 0 Å². The molecule has 2 aliphatic rings. The topological polar surface area (TPSA) is 83.7 Å². The molecule has 2 saturated heterocycles. The van der Waals surface area contributed by atoms with Crippen LogP contribution in [-0.2, 0) is 4.74 Å². The van der Waals surface area contributed by atoms with Crippen molar-refractivity contribution >= 4 is 17.6 Å². The van der Waals surface area contributed by atoms with Crippen LogP contribution in [0.1, 0.15) is 33.6 Å². The number of nitrogens with one attached hydrogen (secondary N) is 1. The highest BCUT2D eigenvalue weighted by molar-refractivity contribution is 5.68. The lowest BCUT2D eigenvalue weighted by atomic mass is 9.85. The Morgan fingerprint density at radius 3 is 2.62 bits per heavy atom. The number of nitrogen functional groups attached to an aromatic ring is 1. The molecular formula is C19H31N5O2. The van der Waals surface area contributed by atoms with Gasteiger partial charge in [-0.1, -0.05) is 20.8 Å². The van der Waals surface area contributed by atoms with Gasteiger partial charge in [0.1, 0.15) is 11.9 Å². The summed E-state index contributed by atoms with van der Waals surface area (Å²) in [6.07, 6.45) is 3.29. The first-order valence-corrected chi connectivity index (χ1v) is 9.49. The van der Waals surface area contributed by atoms with E-state index in [-0.39, 0.29) is 23.7 Å². The number of carbonyl (C=O) groups is 1. The van der Waals surface area contributed by atoms with Crippen molar-refractivity contribution in [3.63, 3.8) is 0 Å². The van der Waals surface area contributed by atoms with Gasteiger partial charge in [-0.2, -0.15) is 0 Å². The van der Waals surface area contributed by atoms with Crippen molar-refractivity contribution in [2.45, 2.75) is 45.8 Å². The second-order valence-electron chi connectivity index (χ2n) is 8.29. The number of nitrogens with zero attached hydrogens (tertiary/aromatic N) is 3. The Morgan fingerprint density at radius 1 is 1.27 bits per heavy atom. The zero-order chi connectivity index (χ0) is 18.7. The first-order chi connectivity index (χ1) is 12.3. The van der Waals surface area contributed by atoms with Crippen LogP contribution in [0.4, 0.5) is 16.3 Å². The SMILES string of the molecule is CC(C)(C)C1CNCCN1C(=O)OC1CCN(c2ccc(N)nc2)CC1. The van der Waals surface area contributed by atoms with Crippen LogP contribution in [-0.4, -0.2) is 60.8 Å². The van der Waals surface area contributed by atoms with E-state index in [1.807, 2.05) is 17.0 Å². The van der Waals surface area contributed by atoms with E-state index < -0.39 is 0 Å². The van der Waals surface area contributed by atoms with Gasteiger partial charge in [-0.15, -0.1) is 0 Å². The van der Waals surface area contributed by atoms with E-state index in [9.17, 15) is 4.79 Å². The van der Waals surface area contributed by atoms with Crippen molar-refractivity contribution < 1.29 is 9.53 Å². The second-order valence-corrected chi connectivity index (χ2v) is 8.29. The average Bonchev–Trinajstić information content (AvgIpc) is 2.62. The molecule has 3 rings (SSSR count). The fraction of sp³-hybridized carbons (Fsp3) is 0.684. The van der Waals surface area contributed by atoms with E-state index in [1.54, 1.807) is 6.20 Å². The van der Waals surface area contributed by atoms with Crippen molar-refractivity contribution in [1.29, 1.82) is 0 Å². The molecule has 1 aromatic rings. The Bertz CT molecular complexity index is 605. The second kappa shape index (κ2) is 7.70. The Kier molecular flexibility index (Phi) is 5.55. The monoisotopic (exact) mass is 361 g/mol. The number of aromatic nitrogens is 1. The molecule has 0 spiro atoms. The number of hydrogen-bond acceptors (Lipinski definition) is 6. The molecule has 0 saturated carbocycles. The molecule has 26 heavy (non-hydrogen) atoms. The summed E-state index contributed by atoms with van der Waals surface area (Å²) in [4.78, 5) is 21.1. The smallest absolute Gasteiger partial charge is 0.410 e. The van der Waals surface area contributed by atoms with Gasteiger partial charge in [0, 0.05) is 45.6 Å². The van der Waals surface area contributed by atoms with Crippen molar-refractivity contribution in [2.75, 3.05) is 43.4 Å². The predicted molar refractivity (Wildman–Crippen MR) is 103 cm³/mol. The number of ether oxygens (including phenoxy) is 1. The molecule has 1 atom stereocenters. The third-order valence-electron chi connectivity index (χ3n) is 5.32. The molecule has 3 N–H and O–H groups in total. The molecule has 1 unspecified atom stereocenters. The standard InChI is InChI=1S/C19H31N5O2/c1-19(2,3)16-13-21-8-11-24(16)18(25)26-15-6-9-23(10-7-15)14-4-5-17(20)22-12-14/h4-5,12,15-16,21H,6-11,13H2,1-3H3,(H2,20,22). The fourth-order valence-corrected chi connectivity index (χ4v) is 3.72. The third-order valence-corrected chi connectivity index (χ3v) is 5.32. The number of amides is 1. The molecule has 0 aromatic carbocycles. The number of piperazine rings is 1. The summed E-state index contributed by atoms with van der Waals surface area (Å²) in [5.74, 6) is 0.530. The van der Waals surface area contributed by atoms with E-state index in [1.165, 1.54) is 0 Å². The quantitative estimate of drug-likeness (QED) is 0.839. The maximum absolute atomic E-state index is 12.8. The lowest BCUT2D eigenvalue weighted by Gasteiger charge is -2.43. The first kappa shape index (κ1) is 18.8. The summed E-state index contributed by atoms with van der Waals surface area (Å²) in [5, 5.41) is 3.39. The van der Waals surface area contributed by atoms with Gasteiger partial charge in [-0.3, -0.25) is 0 Å². The number of carbonyl (C=O) groups excluding carboxylic acids is 1. The Morgan fingerprint density at radius 2 is 2.00 bits per heavy atom. The lowest BCUT2D eigenvalue weighted by molar-refractivity contribution is 0.0156. The zero-order valence-electron chi connectivity index (χ0n) is 16.1. The molecule has 2 fully saturated rings. The van der Waals surface area contributed by atoms with Gasteiger partial charge in [0.25, 0.3) is 0 Å². The fourth-order valence-electron chi connectivity index (χ4n) is 3.72. The summed E-state index contributed by atoms with van der Waals surface area (Å²) in [5.41, 5.74) is 6.74. The molecule has 3 heterocycles.